The smallest absolute Gasteiger partial charge is 0.231 e. The maximum Gasteiger partial charge on any atom is 0.231 e. The summed E-state index contributed by atoms with van der Waals surface area (Å²) in [5.74, 6) is 0.0985. The number of thiocarbonyl (C=S) groups is 1. The fraction of sp³-hybridized carbons (Fsp3) is 0.0870. The Morgan fingerprint density at radius 3 is 2.67 bits per heavy atom. The molecule has 7 heteroatoms. The molecule has 0 aliphatic heterocycles. The third-order valence-corrected chi connectivity index (χ3v) is 4.69. The average Bonchev–Trinajstić information content (AvgIpc) is 3.11. The Balaban J connectivity index is 1.43. The van der Waals surface area contributed by atoms with E-state index >= 15 is 0 Å². The van der Waals surface area contributed by atoms with Crippen LogP contribution in [0.4, 0.5) is 5.69 Å². The standard InChI is InChI=1S/C23H19N3O3S/c1-14-7-10-18-20(11-14)29-22(25-18)17-9-8-16(13-19(17)27)24-23(30)26-21(28)12-15-5-3-2-4-6-15/h2-11,13,27H,12H2,1H3,(H2,24,26,28,30). The van der Waals surface area contributed by atoms with Gasteiger partial charge in [0.25, 0.3) is 0 Å². The van der Waals surface area contributed by atoms with Crippen molar-refractivity contribution in [1.29, 1.82) is 0 Å². The van der Waals surface area contributed by atoms with Crippen LogP contribution < -0.4 is 10.6 Å². The predicted molar refractivity (Wildman–Crippen MR) is 120 cm³/mol. The Labute approximate surface area is 178 Å². The van der Waals surface area contributed by atoms with E-state index in [0.717, 1.165) is 16.6 Å². The highest BCUT2D eigenvalue weighted by atomic mass is 32.1. The summed E-state index contributed by atoms with van der Waals surface area (Å²) in [5, 5.41) is 16.1. The number of hydrogen-bond acceptors (Lipinski definition) is 5. The molecule has 0 spiro atoms. The van der Waals surface area contributed by atoms with Gasteiger partial charge in [-0.15, -0.1) is 0 Å². The second-order valence-electron chi connectivity index (χ2n) is 6.89. The highest BCUT2D eigenvalue weighted by Crippen LogP contribution is 2.33. The molecule has 1 amide bonds. The van der Waals surface area contributed by atoms with Gasteiger partial charge in [-0.25, -0.2) is 4.98 Å². The van der Waals surface area contributed by atoms with Crippen molar-refractivity contribution in [2.75, 3.05) is 5.32 Å². The molecule has 4 aromatic rings. The Bertz CT molecular complexity index is 1240. The van der Waals surface area contributed by atoms with Crippen LogP contribution in [0.2, 0.25) is 0 Å². The Hall–Kier alpha value is -3.71. The fourth-order valence-electron chi connectivity index (χ4n) is 3.05. The predicted octanol–water partition coefficient (Wildman–Crippen LogP) is 4.56. The number of aryl methyl sites for hydroxylation is 1. The lowest BCUT2D eigenvalue weighted by Crippen LogP contribution is -2.35. The van der Waals surface area contributed by atoms with Crippen molar-refractivity contribution in [2.24, 2.45) is 0 Å². The number of aromatic nitrogens is 1. The number of carbonyl (C=O) groups is 1. The topological polar surface area (TPSA) is 87.4 Å². The summed E-state index contributed by atoms with van der Waals surface area (Å²) in [6.45, 7) is 1.97. The lowest BCUT2D eigenvalue weighted by molar-refractivity contribution is -0.119. The molecule has 0 saturated carbocycles. The van der Waals surface area contributed by atoms with Crippen molar-refractivity contribution in [3.63, 3.8) is 0 Å². The Morgan fingerprint density at radius 2 is 1.90 bits per heavy atom. The first kappa shape index (κ1) is 19.6. The van der Waals surface area contributed by atoms with Gasteiger partial charge in [-0.2, -0.15) is 0 Å². The molecule has 0 bridgehead atoms. The van der Waals surface area contributed by atoms with Gasteiger partial charge in [0.1, 0.15) is 11.3 Å². The number of phenols is 1. The van der Waals surface area contributed by atoms with E-state index in [9.17, 15) is 9.90 Å². The normalized spacial score (nSPS) is 10.7. The molecule has 1 heterocycles. The van der Waals surface area contributed by atoms with Crippen LogP contribution in [0.15, 0.2) is 71.1 Å². The third kappa shape index (κ3) is 4.47. The van der Waals surface area contributed by atoms with E-state index in [0.29, 0.717) is 22.7 Å². The molecule has 0 radical (unpaired) electrons. The van der Waals surface area contributed by atoms with Crippen molar-refractivity contribution in [1.82, 2.24) is 10.3 Å². The average molecular weight is 417 g/mol. The van der Waals surface area contributed by atoms with Crippen LogP contribution in [0.5, 0.6) is 5.75 Å². The maximum atomic E-state index is 12.1. The van der Waals surface area contributed by atoms with E-state index in [2.05, 4.69) is 15.6 Å². The van der Waals surface area contributed by atoms with Gasteiger partial charge < -0.3 is 20.2 Å². The van der Waals surface area contributed by atoms with E-state index in [1.54, 1.807) is 12.1 Å². The van der Waals surface area contributed by atoms with Crippen molar-refractivity contribution >= 4 is 40.0 Å². The zero-order valence-electron chi connectivity index (χ0n) is 16.2. The van der Waals surface area contributed by atoms with Crippen LogP contribution in [0.25, 0.3) is 22.6 Å². The van der Waals surface area contributed by atoms with Crippen LogP contribution >= 0.6 is 12.2 Å². The maximum absolute atomic E-state index is 12.1. The van der Waals surface area contributed by atoms with E-state index in [1.807, 2.05) is 55.5 Å². The first-order valence-electron chi connectivity index (χ1n) is 9.33. The number of anilines is 1. The molecule has 0 unspecified atom stereocenters. The molecular weight excluding hydrogens is 398 g/mol. The zero-order valence-corrected chi connectivity index (χ0v) is 17.0. The molecule has 150 valence electrons. The molecule has 30 heavy (non-hydrogen) atoms. The van der Waals surface area contributed by atoms with Gasteiger partial charge in [0, 0.05) is 11.8 Å². The van der Waals surface area contributed by atoms with Crippen molar-refractivity contribution in [2.45, 2.75) is 13.3 Å². The van der Waals surface area contributed by atoms with Crippen LogP contribution in [-0.2, 0) is 11.2 Å². The quantitative estimate of drug-likeness (QED) is 0.422. The van der Waals surface area contributed by atoms with Crippen LogP contribution in [-0.4, -0.2) is 21.1 Å². The summed E-state index contributed by atoms with van der Waals surface area (Å²) in [6, 6.07) is 20.0. The van der Waals surface area contributed by atoms with Crippen molar-refractivity contribution in [3.8, 4) is 17.2 Å². The van der Waals surface area contributed by atoms with E-state index in [-0.39, 0.29) is 23.2 Å². The molecule has 0 aliphatic carbocycles. The number of amides is 1. The molecule has 0 aliphatic rings. The second-order valence-corrected chi connectivity index (χ2v) is 7.30. The van der Waals surface area contributed by atoms with Gasteiger partial charge in [0.15, 0.2) is 10.7 Å². The lowest BCUT2D eigenvalue weighted by atomic mass is 10.1. The van der Waals surface area contributed by atoms with E-state index < -0.39 is 0 Å². The number of nitrogens with one attached hydrogen (secondary N) is 2. The monoisotopic (exact) mass is 417 g/mol. The van der Waals surface area contributed by atoms with Gasteiger partial charge in [-0.1, -0.05) is 36.4 Å². The number of oxazole rings is 1. The number of hydrogen-bond donors (Lipinski definition) is 3. The minimum absolute atomic E-state index is 0.0123. The highest BCUT2D eigenvalue weighted by Gasteiger charge is 2.14. The molecule has 3 aromatic carbocycles. The van der Waals surface area contributed by atoms with E-state index in [4.69, 9.17) is 16.6 Å². The summed E-state index contributed by atoms with van der Waals surface area (Å²) in [6.07, 6.45) is 0.226. The molecule has 1 aromatic heterocycles. The largest absolute Gasteiger partial charge is 0.507 e. The minimum Gasteiger partial charge on any atom is -0.507 e. The van der Waals surface area contributed by atoms with Gasteiger partial charge in [0.05, 0.1) is 12.0 Å². The minimum atomic E-state index is -0.221. The van der Waals surface area contributed by atoms with Crippen LogP contribution in [0.3, 0.4) is 0 Å². The third-order valence-electron chi connectivity index (χ3n) is 4.49. The summed E-state index contributed by atoms with van der Waals surface area (Å²) in [4.78, 5) is 16.5. The molecule has 0 saturated heterocycles. The van der Waals surface area contributed by atoms with Crippen LogP contribution in [0, 0.1) is 6.92 Å². The van der Waals surface area contributed by atoms with Gasteiger partial charge >= 0.3 is 0 Å². The molecule has 6 nitrogen and oxygen atoms in total. The highest BCUT2D eigenvalue weighted by molar-refractivity contribution is 7.80. The summed E-state index contributed by atoms with van der Waals surface area (Å²) >= 11 is 5.20. The fourth-order valence-corrected chi connectivity index (χ4v) is 3.28. The number of fused-ring (bicyclic) bond motifs is 1. The first-order valence-corrected chi connectivity index (χ1v) is 9.74. The number of benzene rings is 3. The number of nitrogens with zero attached hydrogens (tertiary/aromatic N) is 1. The molecule has 0 atom stereocenters. The second kappa shape index (κ2) is 8.34. The molecule has 0 fully saturated rings. The summed E-state index contributed by atoms with van der Waals surface area (Å²) < 4.78 is 5.77. The lowest BCUT2D eigenvalue weighted by Gasteiger charge is -2.11. The number of aromatic hydroxyl groups is 1. The number of carbonyl (C=O) groups excluding carboxylic acids is 1. The summed E-state index contributed by atoms with van der Waals surface area (Å²) in [7, 11) is 0. The molecule has 4 rings (SSSR count). The zero-order chi connectivity index (χ0) is 21.1. The van der Waals surface area contributed by atoms with Crippen LogP contribution in [0.1, 0.15) is 11.1 Å². The summed E-state index contributed by atoms with van der Waals surface area (Å²) in [5.41, 5.74) is 4.35. The molecular formula is C23H19N3O3S. The number of rotatable bonds is 4. The number of phenolic OH excluding ortho intramolecular Hbond substituents is 1. The Kier molecular flexibility index (Phi) is 5.45. The van der Waals surface area contributed by atoms with E-state index in [1.165, 1.54) is 6.07 Å². The first-order chi connectivity index (χ1) is 14.5. The molecule has 3 N–H and O–H groups in total. The van der Waals surface area contributed by atoms with Gasteiger partial charge in [-0.05, 0) is 54.5 Å². The van der Waals surface area contributed by atoms with Gasteiger partial charge in [0.2, 0.25) is 11.8 Å². The SMILES string of the molecule is Cc1ccc2nc(-c3ccc(NC(=S)NC(=O)Cc4ccccc4)cc3O)oc2c1. The van der Waals surface area contributed by atoms with Crippen molar-refractivity contribution < 1.29 is 14.3 Å². The van der Waals surface area contributed by atoms with Gasteiger partial charge in [-0.3, -0.25) is 4.79 Å². The Morgan fingerprint density at radius 1 is 1.10 bits per heavy atom. The van der Waals surface area contributed by atoms with Crippen molar-refractivity contribution in [3.05, 3.63) is 77.9 Å².